The third-order valence-electron chi connectivity index (χ3n) is 1.79. The van der Waals surface area contributed by atoms with Gasteiger partial charge in [-0.2, -0.15) is 5.26 Å². The van der Waals surface area contributed by atoms with Crippen LogP contribution in [-0.2, 0) is 9.59 Å². The molecule has 6 heteroatoms. The Morgan fingerprint density at radius 1 is 1.50 bits per heavy atom. The SMILES string of the molecule is CC(C(=O)O)N(CC#N)CCC(=O)O. The molecule has 0 aliphatic carbocycles. The Balaban J connectivity index is 4.22. The fraction of sp³-hybridized carbons (Fsp3) is 0.625. The third-order valence-corrected chi connectivity index (χ3v) is 1.79. The van der Waals surface area contributed by atoms with Gasteiger partial charge in [0, 0.05) is 6.54 Å². The van der Waals surface area contributed by atoms with E-state index in [1.807, 2.05) is 0 Å². The van der Waals surface area contributed by atoms with Crippen LogP contribution in [0.3, 0.4) is 0 Å². The van der Waals surface area contributed by atoms with E-state index in [0.717, 1.165) is 0 Å². The average molecular weight is 200 g/mol. The van der Waals surface area contributed by atoms with Crippen LogP contribution in [0.4, 0.5) is 0 Å². The first-order valence-electron chi connectivity index (χ1n) is 4.04. The van der Waals surface area contributed by atoms with Crippen LogP contribution in [0.5, 0.6) is 0 Å². The van der Waals surface area contributed by atoms with E-state index in [1.54, 1.807) is 6.07 Å². The van der Waals surface area contributed by atoms with Crippen LogP contribution in [0.25, 0.3) is 0 Å². The van der Waals surface area contributed by atoms with E-state index in [0.29, 0.717) is 0 Å². The van der Waals surface area contributed by atoms with Crippen LogP contribution in [0.2, 0.25) is 0 Å². The molecule has 0 aliphatic rings. The smallest absolute Gasteiger partial charge is 0.320 e. The Kier molecular flexibility index (Phi) is 5.26. The Labute approximate surface area is 81.4 Å². The molecule has 1 unspecified atom stereocenters. The highest BCUT2D eigenvalue weighted by molar-refractivity contribution is 5.73. The lowest BCUT2D eigenvalue weighted by molar-refractivity contribution is -0.144. The van der Waals surface area contributed by atoms with Gasteiger partial charge < -0.3 is 10.2 Å². The van der Waals surface area contributed by atoms with Crippen molar-refractivity contribution < 1.29 is 19.8 Å². The van der Waals surface area contributed by atoms with Crippen LogP contribution >= 0.6 is 0 Å². The van der Waals surface area contributed by atoms with E-state index in [9.17, 15) is 9.59 Å². The number of carbonyl (C=O) groups is 2. The fourth-order valence-electron chi connectivity index (χ4n) is 0.896. The van der Waals surface area contributed by atoms with Gasteiger partial charge in [-0.1, -0.05) is 0 Å². The van der Waals surface area contributed by atoms with Crippen LogP contribution < -0.4 is 0 Å². The fourth-order valence-corrected chi connectivity index (χ4v) is 0.896. The predicted molar refractivity (Wildman–Crippen MR) is 46.5 cm³/mol. The molecular formula is C8H12N2O4. The second kappa shape index (κ2) is 5.94. The normalized spacial score (nSPS) is 12.1. The lowest BCUT2D eigenvalue weighted by Crippen LogP contribution is -2.40. The first-order valence-corrected chi connectivity index (χ1v) is 4.04. The minimum Gasteiger partial charge on any atom is -0.481 e. The molecule has 0 bridgehead atoms. The van der Waals surface area contributed by atoms with Gasteiger partial charge in [0.05, 0.1) is 19.0 Å². The Morgan fingerprint density at radius 3 is 2.43 bits per heavy atom. The van der Waals surface area contributed by atoms with E-state index >= 15 is 0 Å². The van der Waals surface area contributed by atoms with Gasteiger partial charge in [0.2, 0.25) is 0 Å². The van der Waals surface area contributed by atoms with Gasteiger partial charge in [-0.3, -0.25) is 14.5 Å². The van der Waals surface area contributed by atoms with E-state index in [4.69, 9.17) is 15.5 Å². The molecule has 0 spiro atoms. The second-order valence-electron chi connectivity index (χ2n) is 2.79. The molecule has 0 amide bonds. The Bertz CT molecular complexity index is 259. The van der Waals surface area contributed by atoms with E-state index < -0.39 is 18.0 Å². The van der Waals surface area contributed by atoms with Gasteiger partial charge in [0.1, 0.15) is 6.04 Å². The molecule has 6 nitrogen and oxygen atoms in total. The lowest BCUT2D eigenvalue weighted by Gasteiger charge is -2.22. The van der Waals surface area contributed by atoms with Crippen LogP contribution in [0.15, 0.2) is 0 Å². The van der Waals surface area contributed by atoms with Crippen molar-refractivity contribution in [3.8, 4) is 6.07 Å². The van der Waals surface area contributed by atoms with Crippen molar-refractivity contribution in [2.75, 3.05) is 13.1 Å². The van der Waals surface area contributed by atoms with Crippen molar-refractivity contribution in [1.82, 2.24) is 4.90 Å². The summed E-state index contributed by atoms with van der Waals surface area (Å²) in [5.41, 5.74) is 0. The minimum absolute atomic E-state index is 0.0658. The maximum Gasteiger partial charge on any atom is 0.320 e. The van der Waals surface area contributed by atoms with Gasteiger partial charge >= 0.3 is 11.9 Å². The third kappa shape index (κ3) is 4.42. The molecule has 2 N–H and O–H groups in total. The number of nitriles is 1. The van der Waals surface area contributed by atoms with Crippen molar-refractivity contribution in [3.05, 3.63) is 0 Å². The second-order valence-corrected chi connectivity index (χ2v) is 2.79. The van der Waals surface area contributed by atoms with E-state index in [2.05, 4.69) is 0 Å². The largest absolute Gasteiger partial charge is 0.481 e. The standard InChI is InChI=1S/C8H12N2O4/c1-6(8(13)14)10(5-3-9)4-2-7(11)12/h6H,2,4-5H2,1H3,(H,11,12)(H,13,14). The van der Waals surface area contributed by atoms with Crippen molar-refractivity contribution >= 4 is 11.9 Å². The molecule has 0 rings (SSSR count). The highest BCUT2D eigenvalue weighted by Crippen LogP contribution is 2.00. The molecule has 0 aromatic carbocycles. The van der Waals surface area contributed by atoms with Crippen LogP contribution in [-0.4, -0.2) is 46.2 Å². The molecule has 14 heavy (non-hydrogen) atoms. The zero-order valence-electron chi connectivity index (χ0n) is 7.80. The first-order chi connectivity index (χ1) is 6.49. The number of hydrogen-bond acceptors (Lipinski definition) is 4. The Hall–Kier alpha value is -1.61. The molecule has 0 saturated heterocycles. The quantitative estimate of drug-likeness (QED) is 0.574. The summed E-state index contributed by atoms with van der Waals surface area (Å²) >= 11 is 0. The van der Waals surface area contributed by atoms with E-state index in [-0.39, 0.29) is 19.5 Å². The summed E-state index contributed by atoms with van der Waals surface area (Å²) in [4.78, 5) is 22.1. The molecule has 78 valence electrons. The maximum absolute atomic E-state index is 10.6. The molecule has 0 aliphatic heterocycles. The molecule has 0 saturated carbocycles. The van der Waals surface area contributed by atoms with Gasteiger partial charge in [-0.15, -0.1) is 0 Å². The van der Waals surface area contributed by atoms with Crippen molar-refractivity contribution in [1.29, 1.82) is 5.26 Å². The number of carboxylic acid groups (broad SMARTS) is 2. The first kappa shape index (κ1) is 12.4. The van der Waals surface area contributed by atoms with Crippen LogP contribution in [0, 0.1) is 11.3 Å². The summed E-state index contributed by atoms with van der Waals surface area (Å²) in [6, 6.07) is 0.958. The van der Waals surface area contributed by atoms with Gasteiger partial charge in [0.15, 0.2) is 0 Å². The molecule has 0 heterocycles. The number of carboxylic acids is 2. The highest BCUT2D eigenvalue weighted by atomic mass is 16.4. The average Bonchev–Trinajstić information content (AvgIpc) is 2.10. The highest BCUT2D eigenvalue weighted by Gasteiger charge is 2.20. The summed E-state index contributed by atoms with van der Waals surface area (Å²) in [5.74, 6) is -2.07. The summed E-state index contributed by atoms with van der Waals surface area (Å²) in [6.45, 7) is 1.40. The predicted octanol–water partition coefficient (Wildman–Crippen LogP) is -0.240. The zero-order valence-corrected chi connectivity index (χ0v) is 7.80. The van der Waals surface area contributed by atoms with Gasteiger partial charge in [0.25, 0.3) is 0 Å². The molecule has 0 radical (unpaired) electrons. The summed E-state index contributed by atoms with van der Waals surface area (Å²) < 4.78 is 0. The van der Waals surface area contributed by atoms with Crippen LogP contribution in [0.1, 0.15) is 13.3 Å². The minimum atomic E-state index is -1.06. The molecule has 0 aromatic heterocycles. The van der Waals surface area contributed by atoms with E-state index in [1.165, 1.54) is 11.8 Å². The molecule has 0 fully saturated rings. The summed E-state index contributed by atoms with van der Waals surface area (Å²) in [5, 5.41) is 25.4. The van der Waals surface area contributed by atoms with Crippen molar-refractivity contribution in [2.24, 2.45) is 0 Å². The van der Waals surface area contributed by atoms with Gasteiger partial charge in [-0.05, 0) is 6.92 Å². The zero-order chi connectivity index (χ0) is 11.1. The number of nitrogens with zero attached hydrogens (tertiary/aromatic N) is 2. The topological polar surface area (TPSA) is 102 Å². The number of hydrogen-bond donors (Lipinski definition) is 2. The number of rotatable bonds is 6. The van der Waals surface area contributed by atoms with Crippen molar-refractivity contribution in [3.63, 3.8) is 0 Å². The van der Waals surface area contributed by atoms with Crippen molar-refractivity contribution in [2.45, 2.75) is 19.4 Å². The molecular weight excluding hydrogens is 188 g/mol. The Morgan fingerprint density at radius 2 is 2.07 bits per heavy atom. The molecule has 0 aromatic rings. The number of aliphatic carboxylic acids is 2. The lowest BCUT2D eigenvalue weighted by atomic mass is 10.2. The monoisotopic (exact) mass is 200 g/mol. The van der Waals surface area contributed by atoms with Gasteiger partial charge in [-0.25, -0.2) is 0 Å². The maximum atomic E-state index is 10.6. The summed E-state index contributed by atoms with van der Waals surface area (Å²) in [6.07, 6.45) is -0.167. The molecule has 1 atom stereocenters. The summed E-state index contributed by atoms with van der Waals surface area (Å²) in [7, 11) is 0.